The van der Waals surface area contributed by atoms with Crippen molar-refractivity contribution in [1.29, 1.82) is 0 Å². The Balaban J connectivity index is 1.68. The highest BCUT2D eigenvalue weighted by Gasteiger charge is 2.25. The molecule has 2 aliphatic rings. The molecule has 0 bridgehead atoms. The number of nitrogens with one attached hydrogen (secondary N) is 2. The summed E-state index contributed by atoms with van der Waals surface area (Å²) in [6, 6.07) is 0.389. The molecule has 5 N–H and O–H groups in total. The molecule has 2 atom stereocenters. The van der Waals surface area contributed by atoms with Crippen LogP contribution in [0.2, 0.25) is 0 Å². The second kappa shape index (κ2) is 7.97. The van der Waals surface area contributed by atoms with Gasteiger partial charge in [-0.05, 0) is 44.9 Å². The average Bonchev–Trinajstić information content (AvgIpc) is 3.00. The van der Waals surface area contributed by atoms with Crippen LogP contribution in [0.15, 0.2) is 6.20 Å². The van der Waals surface area contributed by atoms with Crippen molar-refractivity contribution in [3.63, 3.8) is 0 Å². The molecule has 0 aliphatic heterocycles. The maximum atomic E-state index is 11.6. The molecule has 3 rings (SSSR count). The molecule has 1 unspecified atom stereocenters. The highest BCUT2D eigenvalue weighted by molar-refractivity contribution is 5.97. The Kier molecular flexibility index (Phi) is 5.70. The van der Waals surface area contributed by atoms with Crippen LogP contribution in [-0.2, 0) is 4.74 Å². The molecule has 25 heavy (non-hydrogen) atoms. The molecule has 1 amide bonds. The minimum Gasteiger partial charge on any atom is -0.393 e. The van der Waals surface area contributed by atoms with Crippen molar-refractivity contribution in [2.45, 2.75) is 69.2 Å². The Bertz CT molecular complexity index is 604. The number of ether oxygens (including phenoxy) is 1. The summed E-state index contributed by atoms with van der Waals surface area (Å²) in [7, 11) is 1.75. The zero-order valence-electron chi connectivity index (χ0n) is 14.6. The molecule has 2 fully saturated rings. The van der Waals surface area contributed by atoms with Gasteiger partial charge in [0.15, 0.2) is 0 Å². The van der Waals surface area contributed by atoms with Gasteiger partial charge in [-0.1, -0.05) is 0 Å². The first-order chi connectivity index (χ1) is 12.0. The van der Waals surface area contributed by atoms with E-state index < -0.39 is 5.91 Å². The third-order valence-electron chi connectivity index (χ3n) is 5.14. The third-order valence-corrected chi connectivity index (χ3v) is 5.14. The summed E-state index contributed by atoms with van der Waals surface area (Å²) in [6.45, 7) is 0. The van der Waals surface area contributed by atoms with E-state index in [9.17, 15) is 9.90 Å². The Morgan fingerprint density at radius 2 is 1.92 bits per heavy atom. The van der Waals surface area contributed by atoms with Crippen LogP contribution in [0, 0.1) is 0 Å². The van der Waals surface area contributed by atoms with Crippen LogP contribution in [0.1, 0.15) is 55.3 Å². The highest BCUT2D eigenvalue weighted by atomic mass is 16.5. The third kappa shape index (κ3) is 4.58. The number of carbonyl (C=O) groups excluding carboxylic acids is 1. The number of primary amides is 1. The summed E-state index contributed by atoms with van der Waals surface area (Å²) >= 11 is 0. The van der Waals surface area contributed by atoms with Crippen molar-refractivity contribution >= 4 is 17.7 Å². The SMILES string of the molecule is COC1CCC(Nc2ncc(C(N)=O)c(NC3CC[C@@H](O)C3)n2)CC1. The first kappa shape index (κ1) is 17.9. The van der Waals surface area contributed by atoms with Gasteiger partial charge in [-0.25, -0.2) is 4.98 Å². The summed E-state index contributed by atoms with van der Waals surface area (Å²) in [5, 5.41) is 16.3. The van der Waals surface area contributed by atoms with Crippen LogP contribution in [0.25, 0.3) is 0 Å². The van der Waals surface area contributed by atoms with Crippen molar-refractivity contribution in [3.8, 4) is 0 Å². The molecule has 8 nitrogen and oxygen atoms in total. The fraction of sp³-hybridized carbons (Fsp3) is 0.706. The van der Waals surface area contributed by atoms with Crippen molar-refractivity contribution in [2.24, 2.45) is 5.73 Å². The van der Waals surface area contributed by atoms with Crippen LogP contribution < -0.4 is 16.4 Å². The predicted octanol–water partition coefficient (Wildman–Crippen LogP) is 1.27. The Morgan fingerprint density at radius 3 is 2.52 bits per heavy atom. The van der Waals surface area contributed by atoms with Gasteiger partial charge in [0.05, 0.1) is 17.8 Å². The van der Waals surface area contributed by atoms with Gasteiger partial charge in [-0.2, -0.15) is 4.98 Å². The number of carbonyl (C=O) groups is 1. The van der Waals surface area contributed by atoms with Gasteiger partial charge in [-0.15, -0.1) is 0 Å². The molecule has 1 heterocycles. The van der Waals surface area contributed by atoms with E-state index in [4.69, 9.17) is 10.5 Å². The molecular weight excluding hydrogens is 322 g/mol. The molecule has 1 aromatic heterocycles. The number of anilines is 2. The number of hydrogen-bond acceptors (Lipinski definition) is 7. The minimum atomic E-state index is -0.562. The van der Waals surface area contributed by atoms with Crippen LogP contribution in [0.4, 0.5) is 11.8 Å². The summed E-state index contributed by atoms with van der Waals surface area (Å²) in [5.74, 6) is 0.370. The monoisotopic (exact) mass is 349 g/mol. The van der Waals surface area contributed by atoms with E-state index in [1.165, 1.54) is 6.20 Å². The van der Waals surface area contributed by atoms with E-state index in [1.807, 2.05) is 0 Å². The fourth-order valence-electron chi connectivity index (χ4n) is 3.65. The maximum absolute atomic E-state index is 11.6. The quantitative estimate of drug-likeness (QED) is 0.610. The van der Waals surface area contributed by atoms with Crippen LogP contribution in [0.3, 0.4) is 0 Å². The second-order valence-corrected chi connectivity index (χ2v) is 6.98. The number of methoxy groups -OCH3 is 1. The molecule has 0 saturated heterocycles. The van der Waals surface area contributed by atoms with Crippen LogP contribution in [-0.4, -0.2) is 52.4 Å². The van der Waals surface area contributed by atoms with Gasteiger partial charge in [0.1, 0.15) is 5.82 Å². The Hall–Kier alpha value is -1.93. The summed E-state index contributed by atoms with van der Waals surface area (Å²) in [4.78, 5) is 20.4. The average molecular weight is 349 g/mol. The normalized spacial score (nSPS) is 29.4. The lowest BCUT2D eigenvalue weighted by atomic mass is 9.93. The largest absolute Gasteiger partial charge is 0.393 e. The van der Waals surface area contributed by atoms with Gasteiger partial charge in [-0.3, -0.25) is 4.79 Å². The minimum absolute atomic E-state index is 0.0907. The highest BCUT2D eigenvalue weighted by Crippen LogP contribution is 2.26. The smallest absolute Gasteiger partial charge is 0.254 e. The van der Waals surface area contributed by atoms with Crippen molar-refractivity contribution in [1.82, 2.24) is 9.97 Å². The topological polar surface area (TPSA) is 122 Å². The summed E-state index contributed by atoms with van der Waals surface area (Å²) in [5.41, 5.74) is 5.71. The summed E-state index contributed by atoms with van der Waals surface area (Å²) < 4.78 is 5.39. The number of rotatable bonds is 6. The molecule has 0 spiro atoms. The van der Waals surface area contributed by atoms with E-state index in [0.29, 0.717) is 30.3 Å². The second-order valence-electron chi connectivity index (χ2n) is 6.98. The lowest BCUT2D eigenvalue weighted by molar-refractivity contribution is 0.0681. The van der Waals surface area contributed by atoms with Crippen molar-refractivity contribution < 1.29 is 14.6 Å². The van der Waals surface area contributed by atoms with E-state index in [2.05, 4.69) is 20.6 Å². The Morgan fingerprint density at radius 1 is 1.20 bits per heavy atom. The van der Waals surface area contributed by atoms with Gasteiger partial charge < -0.3 is 26.2 Å². The zero-order chi connectivity index (χ0) is 17.8. The zero-order valence-corrected chi connectivity index (χ0v) is 14.6. The Labute approximate surface area is 147 Å². The number of hydrogen-bond donors (Lipinski definition) is 4. The van der Waals surface area contributed by atoms with E-state index in [1.54, 1.807) is 7.11 Å². The maximum Gasteiger partial charge on any atom is 0.254 e. The van der Waals surface area contributed by atoms with Gasteiger partial charge in [0, 0.05) is 25.4 Å². The first-order valence-corrected chi connectivity index (χ1v) is 8.96. The molecular formula is C17H27N5O3. The van der Waals surface area contributed by atoms with Crippen molar-refractivity contribution in [2.75, 3.05) is 17.7 Å². The van der Waals surface area contributed by atoms with E-state index >= 15 is 0 Å². The number of amides is 1. The molecule has 2 aliphatic carbocycles. The van der Waals surface area contributed by atoms with E-state index in [0.717, 1.165) is 38.5 Å². The molecule has 0 aromatic carbocycles. The molecule has 0 radical (unpaired) electrons. The van der Waals surface area contributed by atoms with Gasteiger partial charge >= 0.3 is 0 Å². The standard InChI is InChI=1S/C17H27N5O3/c1-25-13-6-3-10(4-7-13)21-17-19-9-14(15(18)24)16(22-17)20-11-2-5-12(23)8-11/h9-13,23H,2-8H2,1H3,(H2,18,24)(H2,19,20,21,22)/t10?,11?,12-,13?/m1/s1. The lowest BCUT2D eigenvalue weighted by Crippen LogP contribution is -2.30. The number of nitrogens with two attached hydrogens (primary N) is 1. The van der Waals surface area contributed by atoms with Gasteiger partial charge in [0.2, 0.25) is 5.95 Å². The molecule has 8 heteroatoms. The van der Waals surface area contributed by atoms with Gasteiger partial charge in [0.25, 0.3) is 5.91 Å². The predicted molar refractivity (Wildman–Crippen MR) is 94.5 cm³/mol. The number of aromatic nitrogens is 2. The van der Waals surface area contributed by atoms with Crippen LogP contribution in [0.5, 0.6) is 0 Å². The molecule has 1 aromatic rings. The summed E-state index contributed by atoms with van der Waals surface area (Å²) in [6.07, 6.45) is 7.76. The van der Waals surface area contributed by atoms with Crippen LogP contribution >= 0.6 is 0 Å². The number of aliphatic hydroxyl groups excluding tert-OH is 1. The first-order valence-electron chi connectivity index (χ1n) is 8.96. The molecule has 138 valence electrons. The lowest BCUT2D eigenvalue weighted by Gasteiger charge is -2.28. The number of aliphatic hydroxyl groups is 1. The fourth-order valence-corrected chi connectivity index (χ4v) is 3.65. The van der Waals surface area contributed by atoms with E-state index in [-0.39, 0.29) is 17.7 Å². The van der Waals surface area contributed by atoms with Crippen molar-refractivity contribution in [3.05, 3.63) is 11.8 Å². The molecule has 2 saturated carbocycles. The number of nitrogens with zero attached hydrogens (tertiary/aromatic N) is 2.